The van der Waals surface area contributed by atoms with Gasteiger partial charge in [-0.3, -0.25) is 0 Å². The van der Waals surface area contributed by atoms with Crippen molar-refractivity contribution in [3.63, 3.8) is 0 Å². The Balaban J connectivity index is 1.42. The Hall–Kier alpha value is -2.63. The molecular weight excluding hydrogens is 328 g/mol. The predicted octanol–water partition coefficient (Wildman–Crippen LogP) is 4.12. The zero-order valence-corrected chi connectivity index (χ0v) is 15.4. The zero-order valence-electron chi connectivity index (χ0n) is 15.4. The summed E-state index contributed by atoms with van der Waals surface area (Å²) in [5.41, 5.74) is 4.31. The van der Waals surface area contributed by atoms with Gasteiger partial charge in [0.2, 0.25) is 11.7 Å². The van der Waals surface area contributed by atoms with Crippen molar-refractivity contribution in [3.05, 3.63) is 47.2 Å². The number of nitrogens with zero attached hydrogens (tertiary/aromatic N) is 4. The summed E-state index contributed by atoms with van der Waals surface area (Å²) in [5, 5.41) is 8.12. The van der Waals surface area contributed by atoms with E-state index < -0.39 is 0 Å². The van der Waals surface area contributed by atoms with Crippen LogP contribution < -0.4 is 4.90 Å². The molecule has 0 radical (unpaired) electrons. The van der Waals surface area contributed by atoms with Crippen molar-refractivity contribution in [2.24, 2.45) is 0 Å². The van der Waals surface area contributed by atoms with Crippen LogP contribution in [0, 0.1) is 13.8 Å². The molecular formula is C20H24N4O2. The largest absolute Gasteiger partial charge is 0.372 e. The summed E-state index contributed by atoms with van der Waals surface area (Å²) in [6, 6.07) is 8.46. The van der Waals surface area contributed by atoms with Crippen molar-refractivity contribution >= 4 is 5.69 Å². The first-order valence-corrected chi connectivity index (χ1v) is 9.30. The number of hydrogen-bond donors (Lipinski definition) is 0. The van der Waals surface area contributed by atoms with Gasteiger partial charge in [0.25, 0.3) is 0 Å². The molecule has 2 aromatic heterocycles. The zero-order chi connectivity index (χ0) is 17.9. The van der Waals surface area contributed by atoms with Crippen molar-refractivity contribution in [2.75, 3.05) is 18.0 Å². The van der Waals surface area contributed by atoms with Gasteiger partial charge in [0.15, 0.2) is 0 Å². The maximum Gasteiger partial charge on any atom is 0.227 e. The highest BCUT2D eigenvalue weighted by atomic mass is 16.5. The average molecular weight is 352 g/mol. The molecule has 4 rings (SSSR count). The molecule has 0 spiro atoms. The minimum Gasteiger partial charge on any atom is -0.372 e. The number of hydrogen-bond acceptors (Lipinski definition) is 6. The Morgan fingerprint density at radius 3 is 2.38 bits per heavy atom. The highest BCUT2D eigenvalue weighted by Crippen LogP contribution is 2.24. The van der Waals surface area contributed by atoms with Crippen molar-refractivity contribution < 1.29 is 9.05 Å². The number of benzene rings is 1. The maximum absolute atomic E-state index is 5.42. The maximum atomic E-state index is 5.42. The number of piperidine rings is 1. The van der Waals surface area contributed by atoms with Gasteiger partial charge >= 0.3 is 0 Å². The summed E-state index contributed by atoms with van der Waals surface area (Å²) in [5.74, 6) is 2.14. The highest BCUT2D eigenvalue weighted by molar-refractivity contribution is 5.60. The summed E-state index contributed by atoms with van der Waals surface area (Å²) in [4.78, 5) is 6.98. The third-order valence-electron chi connectivity index (χ3n) is 5.08. The second-order valence-electron chi connectivity index (χ2n) is 6.91. The van der Waals surface area contributed by atoms with Crippen LogP contribution in [0.4, 0.5) is 5.69 Å². The molecule has 0 saturated carbocycles. The Kier molecular flexibility index (Phi) is 4.73. The molecule has 0 aliphatic carbocycles. The number of aryl methyl sites for hydroxylation is 3. The minimum atomic E-state index is 0.639. The van der Waals surface area contributed by atoms with Crippen molar-refractivity contribution in [2.45, 2.75) is 46.0 Å². The van der Waals surface area contributed by atoms with Gasteiger partial charge in [0, 0.05) is 36.3 Å². The van der Waals surface area contributed by atoms with Crippen LogP contribution >= 0.6 is 0 Å². The quantitative estimate of drug-likeness (QED) is 0.688. The molecule has 0 amide bonds. The lowest BCUT2D eigenvalue weighted by Gasteiger charge is -2.28. The van der Waals surface area contributed by atoms with Crippen LogP contribution in [0.15, 0.2) is 33.3 Å². The summed E-state index contributed by atoms with van der Waals surface area (Å²) in [6.45, 7) is 6.17. The number of aromatic nitrogens is 3. The lowest BCUT2D eigenvalue weighted by atomic mass is 10.1. The molecule has 26 heavy (non-hydrogen) atoms. The van der Waals surface area contributed by atoms with Crippen molar-refractivity contribution in [3.8, 4) is 11.4 Å². The van der Waals surface area contributed by atoms with Gasteiger partial charge in [0.1, 0.15) is 5.76 Å². The van der Waals surface area contributed by atoms with Crippen LogP contribution in [0.25, 0.3) is 11.4 Å². The molecule has 0 N–H and O–H groups in total. The van der Waals surface area contributed by atoms with Gasteiger partial charge in [-0.05, 0) is 63.8 Å². The predicted molar refractivity (Wildman–Crippen MR) is 99.2 cm³/mol. The van der Waals surface area contributed by atoms with E-state index in [-0.39, 0.29) is 0 Å². The lowest BCUT2D eigenvalue weighted by Crippen LogP contribution is -2.29. The first-order chi connectivity index (χ1) is 12.7. The van der Waals surface area contributed by atoms with Crippen molar-refractivity contribution in [1.29, 1.82) is 0 Å². The van der Waals surface area contributed by atoms with E-state index in [4.69, 9.17) is 9.05 Å². The van der Waals surface area contributed by atoms with Crippen LogP contribution in [0.5, 0.6) is 0 Å². The Labute approximate surface area is 153 Å². The minimum absolute atomic E-state index is 0.639. The Bertz CT molecular complexity index is 841. The molecule has 1 saturated heterocycles. The van der Waals surface area contributed by atoms with Crippen LogP contribution in [-0.2, 0) is 12.8 Å². The molecule has 1 aliphatic rings. The molecule has 1 fully saturated rings. The average Bonchev–Trinajstić information content (AvgIpc) is 3.28. The van der Waals surface area contributed by atoms with E-state index >= 15 is 0 Å². The summed E-state index contributed by atoms with van der Waals surface area (Å²) < 4.78 is 10.6. The standard InChI is InChI=1S/C20H24N4O2/c1-14-18(15(2)25-22-14)10-11-19-21-20(23-26-19)16-6-8-17(9-7-16)24-12-4-3-5-13-24/h6-9H,3-5,10-13H2,1-2H3. The van der Waals surface area contributed by atoms with Crippen LogP contribution in [0.3, 0.4) is 0 Å². The summed E-state index contributed by atoms with van der Waals surface area (Å²) in [7, 11) is 0. The smallest absolute Gasteiger partial charge is 0.227 e. The molecule has 0 unspecified atom stereocenters. The molecule has 1 aliphatic heterocycles. The second-order valence-corrected chi connectivity index (χ2v) is 6.91. The fourth-order valence-electron chi connectivity index (χ4n) is 3.54. The monoisotopic (exact) mass is 352 g/mol. The summed E-state index contributed by atoms with van der Waals surface area (Å²) in [6.07, 6.45) is 5.37. The molecule has 1 aromatic carbocycles. The van der Waals surface area contributed by atoms with E-state index in [1.807, 2.05) is 13.8 Å². The van der Waals surface area contributed by atoms with E-state index in [9.17, 15) is 0 Å². The highest BCUT2D eigenvalue weighted by Gasteiger charge is 2.14. The molecule has 136 valence electrons. The van der Waals surface area contributed by atoms with Gasteiger partial charge in [-0.2, -0.15) is 4.98 Å². The molecule has 3 aromatic rings. The third kappa shape index (κ3) is 3.49. The molecule has 3 heterocycles. The van der Waals surface area contributed by atoms with E-state index in [0.717, 1.165) is 42.1 Å². The number of rotatable bonds is 5. The van der Waals surface area contributed by atoms with Crippen molar-refractivity contribution in [1.82, 2.24) is 15.3 Å². The molecule has 6 nitrogen and oxygen atoms in total. The Morgan fingerprint density at radius 2 is 1.69 bits per heavy atom. The fraction of sp³-hybridized carbons (Fsp3) is 0.450. The van der Waals surface area contributed by atoms with Gasteiger partial charge in [-0.1, -0.05) is 10.3 Å². The fourth-order valence-corrected chi connectivity index (χ4v) is 3.54. The topological polar surface area (TPSA) is 68.2 Å². The lowest BCUT2D eigenvalue weighted by molar-refractivity contribution is 0.377. The van der Waals surface area contributed by atoms with E-state index in [1.165, 1.54) is 24.9 Å². The molecule has 0 atom stereocenters. The van der Waals surface area contributed by atoms with Gasteiger partial charge in [-0.25, -0.2) is 0 Å². The third-order valence-corrected chi connectivity index (χ3v) is 5.08. The Morgan fingerprint density at radius 1 is 0.923 bits per heavy atom. The SMILES string of the molecule is Cc1noc(C)c1CCc1nc(-c2ccc(N3CCCCC3)cc2)no1. The van der Waals surface area contributed by atoms with Gasteiger partial charge < -0.3 is 13.9 Å². The van der Waals surface area contributed by atoms with Crippen LogP contribution in [0.1, 0.15) is 42.2 Å². The van der Waals surface area contributed by atoms with Crippen LogP contribution in [-0.4, -0.2) is 28.4 Å². The second kappa shape index (κ2) is 7.32. The molecule has 6 heteroatoms. The van der Waals surface area contributed by atoms with E-state index in [1.54, 1.807) is 0 Å². The van der Waals surface area contributed by atoms with Crippen LogP contribution in [0.2, 0.25) is 0 Å². The van der Waals surface area contributed by atoms with E-state index in [2.05, 4.69) is 44.5 Å². The van der Waals surface area contributed by atoms with E-state index in [0.29, 0.717) is 18.1 Å². The molecule has 0 bridgehead atoms. The first kappa shape index (κ1) is 16.8. The normalized spacial score (nSPS) is 14.8. The van der Waals surface area contributed by atoms with Gasteiger partial charge in [-0.15, -0.1) is 0 Å². The summed E-state index contributed by atoms with van der Waals surface area (Å²) >= 11 is 0. The number of anilines is 1. The first-order valence-electron chi connectivity index (χ1n) is 9.30. The van der Waals surface area contributed by atoms with Gasteiger partial charge in [0.05, 0.1) is 5.69 Å².